The number of carbonyl (C=O) groups excluding carboxylic acids is 1. The highest BCUT2D eigenvalue weighted by atomic mass is 32.2. The minimum atomic E-state index is -3.04. The summed E-state index contributed by atoms with van der Waals surface area (Å²) in [5, 5.41) is 8.80. The van der Waals surface area contributed by atoms with E-state index in [4.69, 9.17) is 0 Å². The molecule has 0 radical (unpaired) electrons. The molecule has 0 bridgehead atoms. The predicted molar refractivity (Wildman–Crippen MR) is 97.7 cm³/mol. The Morgan fingerprint density at radius 1 is 1.42 bits per heavy atom. The molecule has 0 aliphatic carbocycles. The standard InChI is InChI=1S/C17H18FN3O3S2/c1-2-7-21-16(13-6-8-26(23,24)11-13)19-20-17(21)25-10-15(22)12-4-3-5-14(18)9-12/h2-5,9,13H,1,6-8,10-11H2/t13-/m0/s1. The van der Waals surface area contributed by atoms with Crippen LogP contribution in [0.3, 0.4) is 0 Å². The van der Waals surface area contributed by atoms with Gasteiger partial charge in [0.15, 0.2) is 20.8 Å². The van der Waals surface area contributed by atoms with Crippen LogP contribution in [-0.4, -0.2) is 46.2 Å². The van der Waals surface area contributed by atoms with Gasteiger partial charge < -0.3 is 4.57 Å². The molecule has 0 unspecified atom stereocenters. The van der Waals surface area contributed by atoms with Gasteiger partial charge in [-0.05, 0) is 18.6 Å². The van der Waals surface area contributed by atoms with Crippen LogP contribution in [0.2, 0.25) is 0 Å². The van der Waals surface area contributed by atoms with E-state index in [1.165, 1.54) is 30.0 Å². The lowest BCUT2D eigenvalue weighted by molar-refractivity contribution is 0.102. The van der Waals surface area contributed by atoms with Gasteiger partial charge in [-0.25, -0.2) is 12.8 Å². The summed E-state index contributed by atoms with van der Waals surface area (Å²) in [6.07, 6.45) is 2.19. The fraction of sp³-hybridized carbons (Fsp3) is 0.353. The number of allylic oxidation sites excluding steroid dienone is 1. The molecule has 138 valence electrons. The number of carbonyl (C=O) groups is 1. The van der Waals surface area contributed by atoms with E-state index in [0.717, 1.165) is 0 Å². The molecule has 0 N–H and O–H groups in total. The normalized spacial score (nSPS) is 18.7. The van der Waals surface area contributed by atoms with Crippen molar-refractivity contribution in [2.75, 3.05) is 17.3 Å². The van der Waals surface area contributed by atoms with Gasteiger partial charge in [-0.15, -0.1) is 16.8 Å². The first-order valence-electron chi connectivity index (χ1n) is 8.05. The summed E-state index contributed by atoms with van der Waals surface area (Å²) in [7, 11) is -3.04. The van der Waals surface area contributed by atoms with Crippen LogP contribution < -0.4 is 0 Å². The van der Waals surface area contributed by atoms with Gasteiger partial charge in [0.05, 0.1) is 17.3 Å². The lowest BCUT2D eigenvalue weighted by atomic mass is 10.1. The molecule has 0 saturated carbocycles. The summed E-state index contributed by atoms with van der Waals surface area (Å²) in [6, 6.07) is 5.54. The summed E-state index contributed by atoms with van der Waals surface area (Å²) in [5.41, 5.74) is 0.300. The van der Waals surface area contributed by atoms with E-state index in [1.807, 2.05) is 0 Å². The monoisotopic (exact) mass is 395 g/mol. The Bertz CT molecular complexity index is 940. The fourth-order valence-corrected chi connectivity index (χ4v) is 5.47. The Labute approximate surface area is 155 Å². The van der Waals surface area contributed by atoms with Crippen molar-refractivity contribution in [1.82, 2.24) is 14.8 Å². The van der Waals surface area contributed by atoms with Crippen molar-refractivity contribution < 1.29 is 17.6 Å². The number of aromatic nitrogens is 3. The minimum Gasteiger partial charge on any atom is -0.302 e. The van der Waals surface area contributed by atoms with Gasteiger partial charge in [0.1, 0.15) is 11.6 Å². The third kappa shape index (κ3) is 4.21. The number of thioether (sulfide) groups is 1. The van der Waals surface area contributed by atoms with E-state index in [9.17, 15) is 17.6 Å². The summed E-state index contributed by atoms with van der Waals surface area (Å²) < 4.78 is 38.5. The van der Waals surface area contributed by atoms with E-state index in [2.05, 4.69) is 16.8 Å². The van der Waals surface area contributed by atoms with Gasteiger partial charge in [0.25, 0.3) is 0 Å². The molecule has 1 fully saturated rings. The summed E-state index contributed by atoms with van der Waals surface area (Å²) in [5.74, 6) is 0.0381. The number of benzene rings is 1. The van der Waals surface area contributed by atoms with Crippen LogP contribution in [0.5, 0.6) is 0 Å². The maximum absolute atomic E-state index is 13.2. The molecule has 0 spiro atoms. The maximum atomic E-state index is 13.2. The number of Topliss-reactive ketones (excluding diaryl/α,β-unsaturated/α-hetero) is 1. The number of hydrogen-bond donors (Lipinski definition) is 0. The smallest absolute Gasteiger partial charge is 0.191 e. The van der Waals surface area contributed by atoms with Crippen molar-refractivity contribution in [2.24, 2.45) is 0 Å². The molecule has 1 atom stereocenters. The van der Waals surface area contributed by atoms with Crippen molar-refractivity contribution in [3.05, 3.63) is 54.1 Å². The molecule has 1 aromatic carbocycles. The first-order valence-corrected chi connectivity index (χ1v) is 10.9. The topological polar surface area (TPSA) is 81.9 Å². The third-order valence-corrected chi connectivity index (χ3v) is 6.87. The lowest BCUT2D eigenvalue weighted by Gasteiger charge is -2.11. The van der Waals surface area contributed by atoms with Crippen molar-refractivity contribution in [3.63, 3.8) is 0 Å². The van der Waals surface area contributed by atoms with Crippen molar-refractivity contribution >= 4 is 27.4 Å². The number of sulfone groups is 1. The Hall–Kier alpha value is -2.00. The summed E-state index contributed by atoms with van der Waals surface area (Å²) >= 11 is 1.20. The first kappa shape index (κ1) is 18.8. The second-order valence-corrected chi connectivity index (χ2v) is 9.23. The van der Waals surface area contributed by atoms with Crippen LogP contribution in [0.25, 0.3) is 0 Å². The highest BCUT2D eigenvalue weighted by Crippen LogP contribution is 2.30. The molecule has 2 heterocycles. The third-order valence-electron chi connectivity index (χ3n) is 4.13. The van der Waals surface area contributed by atoms with Crippen molar-refractivity contribution in [3.8, 4) is 0 Å². The fourth-order valence-electron chi connectivity index (χ4n) is 2.88. The Morgan fingerprint density at radius 2 is 2.23 bits per heavy atom. The Kier molecular flexibility index (Phi) is 5.57. The average molecular weight is 395 g/mol. The molecule has 0 amide bonds. The highest BCUT2D eigenvalue weighted by molar-refractivity contribution is 7.99. The van der Waals surface area contributed by atoms with E-state index in [1.54, 1.807) is 16.7 Å². The van der Waals surface area contributed by atoms with E-state index in [0.29, 0.717) is 29.5 Å². The maximum Gasteiger partial charge on any atom is 0.191 e. The van der Waals surface area contributed by atoms with Crippen molar-refractivity contribution in [2.45, 2.75) is 24.0 Å². The molecule has 2 aromatic rings. The van der Waals surface area contributed by atoms with Crippen LogP contribution in [0.1, 0.15) is 28.5 Å². The van der Waals surface area contributed by atoms with Crippen LogP contribution >= 0.6 is 11.8 Å². The molecule has 1 saturated heterocycles. The van der Waals surface area contributed by atoms with Gasteiger partial charge >= 0.3 is 0 Å². The van der Waals surface area contributed by atoms with Gasteiger partial charge in [-0.3, -0.25) is 4.79 Å². The van der Waals surface area contributed by atoms with E-state index >= 15 is 0 Å². The van der Waals surface area contributed by atoms with Gasteiger partial charge in [0.2, 0.25) is 0 Å². The number of ketones is 1. The number of nitrogens with zero attached hydrogens (tertiary/aromatic N) is 3. The van der Waals surface area contributed by atoms with Gasteiger partial charge in [-0.1, -0.05) is 30.0 Å². The summed E-state index contributed by atoms with van der Waals surface area (Å²) in [6.45, 7) is 4.14. The number of hydrogen-bond acceptors (Lipinski definition) is 6. The largest absolute Gasteiger partial charge is 0.302 e. The van der Waals surface area contributed by atoms with Gasteiger partial charge in [0, 0.05) is 18.0 Å². The van der Waals surface area contributed by atoms with Gasteiger partial charge in [-0.2, -0.15) is 0 Å². The van der Waals surface area contributed by atoms with Crippen LogP contribution in [0.4, 0.5) is 4.39 Å². The Balaban J connectivity index is 1.76. The van der Waals surface area contributed by atoms with Crippen LogP contribution in [-0.2, 0) is 16.4 Å². The van der Waals surface area contributed by atoms with Crippen LogP contribution in [0, 0.1) is 5.82 Å². The predicted octanol–water partition coefficient (Wildman–Crippen LogP) is 2.48. The summed E-state index contributed by atoms with van der Waals surface area (Å²) in [4.78, 5) is 12.2. The number of rotatable bonds is 7. The molecule has 1 aromatic heterocycles. The molecule has 3 rings (SSSR count). The second kappa shape index (κ2) is 7.71. The molecule has 9 heteroatoms. The van der Waals surface area contributed by atoms with E-state index in [-0.39, 0.29) is 29.0 Å². The van der Waals surface area contributed by atoms with Crippen LogP contribution in [0.15, 0.2) is 42.1 Å². The molecular weight excluding hydrogens is 377 g/mol. The first-order chi connectivity index (χ1) is 12.4. The second-order valence-electron chi connectivity index (χ2n) is 6.06. The van der Waals surface area contributed by atoms with E-state index < -0.39 is 15.7 Å². The minimum absolute atomic E-state index is 0.0646. The van der Waals surface area contributed by atoms with Crippen molar-refractivity contribution in [1.29, 1.82) is 0 Å². The Morgan fingerprint density at radius 3 is 2.88 bits per heavy atom. The molecule has 1 aliphatic heterocycles. The SMILES string of the molecule is C=CCn1c(SCC(=O)c2cccc(F)c2)nnc1[C@H]1CCS(=O)(=O)C1. The zero-order valence-corrected chi connectivity index (χ0v) is 15.6. The number of halogens is 1. The lowest BCUT2D eigenvalue weighted by Crippen LogP contribution is -2.12. The quantitative estimate of drug-likeness (QED) is 0.407. The molecule has 6 nitrogen and oxygen atoms in total. The highest BCUT2D eigenvalue weighted by Gasteiger charge is 2.33. The zero-order chi connectivity index (χ0) is 18.7. The average Bonchev–Trinajstić information content (AvgIpc) is 3.16. The zero-order valence-electron chi connectivity index (χ0n) is 14.0. The molecule has 1 aliphatic rings. The molecular formula is C17H18FN3O3S2. The molecule has 26 heavy (non-hydrogen) atoms.